The number of hydrogen-bond acceptors (Lipinski definition) is 3. The molecule has 0 amide bonds. The highest BCUT2D eigenvalue weighted by Gasteiger charge is 2.24. The monoisotopic (exact) mass is 237 g/mol. The van der Waals surface area contributed by atoms with Crippen LogP contribution in [0.25, 0.3) is 0 Å². The molecule has 84 valence electrons. The third-order valence-electron chi connectivity index (χ3n) is 3.17. The summed E-state index contributed by atoms with van der Waals surface area (Å²) in [6, 6.07) is 0. The lowest BCUT2D eigenvalue weighted by Gasteiger charge is -2.22. The first kappa shape index (κ1) is 11.5. The molecule has 2 rings (SSSR count). The van der Waals surface area contributed by atoms with Crippen LogP contribution in [0.4, 0.5) is 3.89 Å². The van der Waals surface area contributed by atoms with Crippen LogP contribution in [-0.4, -0.2) is 16.5 Å². The Labute approximate surface area is 99.4 Å². The van der Waals surface area contributed by atoms with Gasteiger partial charge in [-0.05, 0) is 5.92 Å². The predicted molar refractivity (Wildman–Crippen MR) is 62.9 cm³/mol. The van der Waals surface area contributed by atoms with Gasteiger partial charge < -0.3 is 0 Å². The highest BCUT2D eigenvalue weighted by Crippen LogP contribution is 2.26. The maximum absolute atomic E-state index is 12.2. The van der Waals surface area contributed by atoms with Crippen LogP contribution >= 0.6 is 12.1 Å². The van der Waals surface area contributed by atoms with Gasteiger partial charge in [0.1, 0.15) is 0 Å². The van der Waals surface area contributed by atoms with Crippen LogP contribution in [0, 0.1) is 17.1 Å². The summed E-state index contributed by atoms with van der Waals surface area (Å²) in [5.74, 6) is 2.91. The van der Waals surface area contributed by atoms with E-state index in [0.29, 0.717) is 10.8 Å². The molecule has 0 unspecified atom stereocenters. The molecule has 1 aliphatic heterocycles. The van der Waals surface area contributed by atoms with Crippen LogP contribution in [-0.2, 0) is 6.54 Å². The lowest BCUT2D eigenvalue weighted by Crippen LogP contribution is -2.23. The van der Waals surface area contributed by atoms with Crippen LogP contribution in [0.1, 0.15) is 12.8 Å². The molecule has 1 aliphatic rings. The number of aromatic nitrogens is 2. The zero-order chi connectivity index (χ0) is 11.4. The van der Waals surface area contributed by atoms with E-state index in [-0.39, 0.29) is 18.9 Å². The van der Waals surface area contributed by atoms with Gasteiger partial charge >= 0.3 is 0 Å². The number of hydrogen-bond donors (Lipinski definition) is 0. The number of halogens is 1. The Kier molecular flexibility index (Phi) is 3.89. The number of rotatable bonds is 3. The minimum absolute atomic E-state index is 0.229. The second-order valence-electron chi connectivity index (χ2n) is 4.32. The van der Waals surface area contributed by atoms with Crippen molar-refractivity contribution in [1.82, 2.24) is 9.78 Å². The average molecular weight is 237 g/mol. The van der Waals surface area contributed by atoms with Crippen molar-refractivity contribution in [2.24, 2.45) is 5.92 Å². The molecule has 1 saturated heterocycles. The van der Waals surface area contributed by atoms with Gasteiger partial charge in [-0.2, -0.15) is 8.98 Å². The zero-order valence-electron chi connectivity index (χ0n) is 8.97. The third-order valence-corrected chi connectivity index (χ3v) is 3.56. The van der Waals surface area contributed by atoms with Gasteiger partial charge in [0.25, 0.3) is 6.71 Å². The summed E-state index contributed by atoms with van der Waals surface area (Å²) in [4.78, 5) is 0.561. The molecule has 0 aromatic carbocycles. The van der Waals surface area contributed by atoms with E-state index < -0.39 is 0 Å². The molecule has 1 aromatic rings. The largest absolute Gasteiger partial charge is 0.271 e. The Hall–Kier alpha value is -0.955. The SMILES string of the molecule is N#CB1CCC(Cn2cc(SF)cn2)CC1. The van der Waals surface area contributed by atoms with Crippen LogP contribution in [0.15, 0.2) is 17.3 Å². The molecule has 0 bridgehead atoms. The summed E-state index contributed by atoms with van der Waals surface area (Å²) in [5.41, 5.74) is 0. The number of nitriles is 1. The van der Waals surface area contributed by atoms with E-state index in [1.807, 2.05) is 0 Å². The molecule has 1 aromatic heterocycles. The summed E-state index contributed by atoms with van der Waals surface area (Å²) in [6.07, 6.45) is 7.43. The van der Waals surface area contributed by atoms with Gasteiger partial charge in [-0.25, -0.2) is 5.26 Å². The Morgan fingerprint density at radius 1 is 1.62 bits per heavy atom. The lowest BCUT2D eigenvalue weighted by molar-refractivity contribution is 0.384. The van der Waals surface area contributed by atoms with Crippen molar-refractivity contribution in [2.75, 3.05) is 0 Å². The highest BCUT2D eigenvalue weighted by molar-refractivity contribution is 7.94. The standard InChI is InChI=1S/C10H13BFN3S/c12-16-10-5-14-15(7-10)6-9-1-3-11(8-13)4-2-9/h5,7,9H,1-4,6H2. The second-order valence-corrected chi connectivity index (χ2v) is 4.95. The Morgan fingerprint density at radius 2 is 2.38 bits per heavy atom. The molecule has 0 aliphatic carbocycles. The molecular weight excluding hydrogens is 224 g/mol. The number of nitrogens with zero attached hydrogens (tertiary/aromatic N) is 3. The van der Waals surface area contributed by atoms with E-state index in [9.17, 15) is 3.89 Å². The van der Waals surface area contributed by atoms with Crippen LogP contribution in [0.5, 0.6) is 0 Å². The van der Waals surface area contributed by atoms with Crippen LogP contribution in [0.2, 0.25) is 12.6 Å². The van der Waals surface area contributed by atoms with Crippen LogP contribution in [0.3, 0.4) is 0 Å². The fraction of sp³-hybridized carbons (Fsp3) is 0.600. The summed E-state index contributed by atoms with van der Waals surface area (Å²) in [6.45, 7) is 1.09. The molecule has 0 N–H and O–H groups in total. The van der Waals surface area contributed by atoms with Crippen molar-refractivity contribution in [3.05, 3.63) is 12.4 Å². The van der Waals surface area contributed by atoms with Gasteiger partial charge in [0.05, 0.1) is 23.2 Å². The first-order valence-corrected chi connectivity index (χ1v) is 6.24. The molecule has 3 nitrogen and oxygen atoms in total. The van der Waals surface area contributed by atoms with Crippen molar-refractivity contribution in [3.63, 3.8) is 0 Å². The fourth-order valence-corrected chi connectivity index (χ4v) is 2.47. The van der Waals surface area contributed by atoms with Crippen molar-refractivity contribution >= 4 is 18.9 Å². The van der Waals surface area contributed by atoms with E-state index in [1.54, 1.807) is 17.1 Å². The van der Waals surface area contributed by atoms with Gasteiger partial charge in [-0.3, -0.25) is 4.68 Å². The minimum atomic E-state index is 0.229. The maximum atomic E-state index is 12.2. The van der Waals surface area contributed by atoms with Crippen molar-refractivity contribution in [3.8, 4) is 5.97 Å². The quantitative estimate of drug-likeness (QED) is 0.759. The Morgan fingerprint density at radius 3 is 2.94 bits per heavy atom. The van der Waals surface area contributed by atoms with Crippen LogP contribution < -0.4 is 0 Å². The van der Waals surface area contributed by atoms with Gasteiger partial charge in [-0.1, -0.05) is 25.5 Å². The van der Waals surface area contributed by atoms with Crippen molar-refractivity contribution in [1.29, 1.82) is 5.26 Å². The molecule has 1 fully saturated rings. The second kappa shape index (κ2) is 5.40. The van der Waals surface area contributed by atoms with E-state index in [2.05, 4.69) is 11.1 Å². The maximum Gasteiger partial charge on any atom is 0.267 e. The first-order chi connectivity index (χ1) is 7.81. The summed E-state index contributed by atoms with van der Waals surface area (Å²) in [5, 5.41) is 12.9. The van der Waals surface area contributed by atoms with Gasteiger partial charge in [0, 0.05) is 18.7 Å². The van der Waals surface area contributed by atoms with Crippen molar-refractivity contribution in [2.45, 2.75) is 36.9 Å². The summed E-state index contributed by atoms with van der Waals surface area (Å²) < 4.78 is 14.0. The highest BCUT2D eigenvalue weighted by atomic mass is 32.2. The molecule has 16 heavy (non-hydrogen) atoms. The summed E-state index contributed by atoms with van der Waals surface area (Å²) >= 11 is 0.229. The molecule has 0 atom stereocenters. The Bertz CT molecular complexity index is 382. The predicted octanol–water partition coefficient (Wildman–Crippen LogP) is 2.83. The third kappa shape index (κ3) is 2.79. The van der Waals surface area contributed by atoms with Gasteiger partial charge in [-0.15, -0.1) is 0 Å². The normalized spacial score (nSPS) is 17.4. The van der Waals surface area contributed by atoms with Crippen molar-refractivity contribution < 1.29 is 3.89 Å². The first-order valence-electron chi connectivity index (χ1n) is 5.52. The van der Waals surface area contributed by atoms with E-state index >= 15 is 0 Å². The average Bonchev–Trinajstić information content (AvgIpc) is 2.78. The van der Waals surface area contributed by atoms with Gasteiger partial charge in [0.2, 0.25) is 0 Å². The molecular formula is C10H13BFN3S. The fourth-order valence-electron chi connectivity index (χ4n) is 2.22. The smallest absolute Gasteiger partial charge is 0.267 e. The Balaban J connectivity index is 1.85. The van der Waals surface area contributed by atoms with Gasteiger partial charge in [0.15, 0.2) is 0 Å². The zero-order valence-corrected chi connectivity index (χ0v) is 9.79. The lowest BCUT2D eigenvalue weighted by atomic mass is 9.42. The van der Waals surface area contributed by atoms with E-state index in [1.165, 1.54) is 0 Å². The molecule has 0 radical (unpaired) electrons. The molecule has 2 heterocycles. The molecule has 0 spiro atoms. The summed E-state index contributed by atoms with van der Waals surface area (Å²) in [7, 11) is 0. The van der Waals surface area contributed by atoms with E-state index in [4.69, 9.17) is 5.26 Å². The topological polar surface area (TPSA) is 41.6 Å². The molecule has 6 heteroatoms. The minimum Gasteiger partial charge on any atom is -0.271 e. The molecule has 0 saturated carbocycles. The van der Waals surface area contributed by atoms with E-state index in [0.717, 1.165) is 32.0 Å².